The Balaban J connectivity index is 2.63. The molecule has 0 aliphatic carbocycles. The molecule has 0 aliphatic heterocycles. The van der Waals surface area contributed by atoms with Gasteiger partial charge in [0, 0.05) is 19.5 Å². The first kappa shape index (κ1) is 9.48. The summed E-state index contributed by atoms with van der Waals surface area (Å²) in [6.07, 6.45) is 1.72. The number of aliphatic imine (C=N–C) groups is 1. The third-order valence-electron chi connectivity index (χ3n) is 1.08. The van der Waals surface area contributed by atoms with Crippen LogP contribution in [0.15, 0.2) is 10.4 Å². The molecule has 0 saturated carbocycles. The summed E-state index contributed by atoms with van der Waals surface area (Å²) in [7, 11) is 3.83. The molecule has 0 spiro atoms. The summed E-state index contributed by atoms with van der Waals surface area (Å²) in [6.45, 7) is 0. The Hall–Kier alpha value is -0.610. The summed E-state index contributed by atoms with van der Waals surface area (Å²) in [5.41, 5.74) is 0.882. The Bertz CT molecular complexity index is 269. The van der Waals surface area contributed by atoms with Gasteiger partial charge in [0.15, 0.2) is 0 Å². The maximum absolute atomic E-state index is 5.58. The van der Waals surface area contributed by atoms with Gasteiger partial charge in [0.2, 0.25) is 5.13 Å². The zero-order chi connectivity index (χ0) is 8.97. The molecule has 0 amide bonds. The highest BCUT2D eigenvalue weighted by Gasteiger charge is 1.97. The molecule has 0 N–H and O–H groups in total. The largest absolute Gasteiger partial charge is 0.369 e. The monoisotopic (exact) mass is 203 g/mol. The topological polar surface area (TPSA) is 28.5 Å². The van der Waals surface area contributed by atoms with E-state index in [1.807, 2.05) is 24.4 Å². The van der Waals surface area contributed by atoms with Crippen molar-refractivity contribution in [3.8, 4) is 0 Å². The lowest BCUT2D eigenvalue weighted by molar-refractivity contribution is 0.643. The quantitative estimate of drug-likeness (QED) is 0.428. The van der Waals surface area contributed by atoms with E-state index in [0.29, 0.717) is 5.88 Å². The van der Waals surface area contributed by atoms with Gasteiger partial charge in [-0.3, -0.25) is 0 Å². The van der Waals surface area contributed by atoms with Crippen LogP contribution in [-0.2, 0) is 5.88 Å². The van der Waals surface area contributed by atoms with Gasteiger partial charge in [0.05, 0.1) is 17.9 Å². The second-order valence-corrected chi connectivity index (χ2v) is 3.57. The number of alkyl halides is 1. The second-order valence-electron chi connectivity index (χ2n) is 2.46. The fourth-order valence-electron chi connectivity index (χ4n) is 0.582. The molecule has 12 heavy (non-hydrogen) atoms. The predicted octanol–water partition coefficient (Wildman–Crippen LogP) is 2.10. The number of hydrogen-bond donors (Lipinski definition) is 0. The molecule has 3 nitrogen and oxygen atoms in total. The Morgan fingerprint density at radius 1 is 1.75 bits per heavy atom. The van der Waals surface area contributed by atoms with Crippen molar-refractivity contribution < 1.29 is 0 Å². The van der Waals surface area contributed by atoms with Gasteiger partial charge in [-0.2, -0.15) is 0 Å². The highest BCUT2D eigenvalue weighted by Crippen LogP contribution is 2.18. The fourth-order valence-corrected chi connectivity index (χ4v) is 1.47. The Morgan fingerprint density at radius 3 is 3.00 bits per heavy atom. The summed E-state index contributed by atoms with van der Waals surface area (Å²) < 4.78 is 0. The number of thiazole rings is 1. The van der Waals surface area contributed by atoms with Crippen molar-refractivity contribution in [2.24, 2.45) is 4.99 Å². The number of nitrogens with zero attached hydrogens (tertiary/aromatic N) is 3. The lowest BCUT2D eigenvalue weighted by atomic mass is 10.6. The number of hydrogen-bond acceptors (Lipinski definition) is 3. The summed E-state index contributed by atoms with van der Waals surface area (Å²) in [5, 5.41) is 2.66. The Kier molecular flexibility index (Phi) is 3.49. The minimum absolute atomic E-state index is 0.452. The molecule has 0 atom stereocenters. The van der Waals surface area contributed by atoms with E-state index in [0.717, 1.165) is 10.8 Å². The molecule has 0 saturated heterocycles. The molecule has 0 fully saturated rings. The maximum atomic E-state index is 5.58. The van der Waals surface area contributed by atoms with Crippen molar-refractivity contribution in [3.63, 3.8) is 0 Å². The molecule has 0 unspecified atom stereocenters. The molecule has 1 aromatic heterocycles. The van der Waals surface area contributed by atoms with E-state index in [2.05, 4.69) is 9.98 Å². The smallest absolute Gasteiger partial charge is 0.210 e. The van der Waals surface area contributed by atoms with E-state index in [4.69, 9.17) is 11.6 Å². The highest BCUT2D eigenvalue weighted by molar-refractivity contribution is 7.13. The third kappa shape index (κ3) is 2.79. The van der Waals surface area contributed by atoms with Crippen LogP contribution in [0, 0.1) is 0 Å². The van der Waals surface area contributed by atoms with E-state index in [9.17, 15) is 0 Å². The predicted molar refractivity (Wildman–Crippen MR) is 53.5 cm³/mol. The molecule has 1 aromatic rings. The minimum atomic E-state index is 0.452. The first-order valence-electron chi connectivity index (χ1n) is 3.43. The van der Waals surface area contributed by atoms with E-state index in [1.165, 1.54) is 11.3 Å². The zero-order valence-electron chi connectivity index (χ0n) is 6.99. The van der Waals surface area contributed by atoms with Crippen molar-refractivity contribution in [1.29, 1.82) is 0 Å². The summed E-state index contributed by atoms with van der Waals surface area (Å²) in [6, 6.07) is 0. The average Bonchev–Trinajstić information content (AvgIpc) is 2.48. The van der Waals surface area contributed by atoms with E-state index >= 15 is 0 Å². The normalized spacial score (nSPS) is 10.9. The van der Waals surface area contributed by atoms with E-state index < -0.39 is 0 Å². The van der Waals surface area contributed by atoms with Crippen LogP contribution in [0.1, 0.15) is 5.69 Å². The number of rotatable bonds is 3. The molecule has 1 heterocycles. The zero-order valence-corrected chi connectivity index (χ0v) is 8.56. The molecular formula is C7H10ClN3S. The molecule has 0 radical (unpaired) electrons. The average molecular weight is 204 g/mol. The molecule has 0 aromatic carbocycles. The van der Waals surface area contributed by atoms with Gasteiger partial charge >= 0.3 is 0 Å². The van der Waals surface area contributed by atoms with Crippen LogP contribution in [0.2, 0.25) is 0 Å². The first-order valence-corrected chi connectivity index (χ1v) is 4.85. The van der Waals surface area contributed by atoms with Gasteiger partial charge in [0.25, 0.3) is 0 Å². The summed E-state index contributed by atoms with van der Waals surface area (Å²) >= 11 is 7.08. The van der Waals surface area contributed by atoms with E-state index in [-0.39, 0.29) is 0 Å². The van der Waals surface area contributed by atoms with Gasteiger partial charge < -0.3 is 4.90 Å². The van der Waals surface area contributed by atoms with Crippen LogP contribution >= 0.6 is 22.9 Å². The number of halogens is 1. The Labute approximate surface area is 80.7 Å². The van der Waals surface area contributed by atoms with Crippen LogP contribution < -0.4 is 0 Å². The molecule has 0 aliphatic rings. The lowest BCUT2D eigenvalue weighted by Crippen LogP contribution is -2.06. The summed E-state index contributed by atoms with van der Waals surface area (Å²) in [5.74, 6) is 0.452. The van der Waals surface area contributed by atoms with Crippen molar-refractivity contribution in [1.82, 2.24) is 9.88 Å². The molecular weight excluding hydrogens is 194 g/mol. The van der Waals surface area contributed by atoms with Crippen molar-refractivity contribution >= 4 is 34.4 Å². The lowest BCUT2D eigenvalue weighted by Gasteiger charge is -1.99. The molecule has 1 rings (SSSR count). The van der Waals surface area contributed by atoms with Crippen molar-refractivity contribution in [2.45, 2.75) is 5.88 Å². The first-order chi connectivity index (χ1) is 5.72. The van der Waals surface area contributed by atoms with Gasteiger partial charge in [-0.25, -0.2) is 9.98 Å². The second kappa shape index (κ2) is 4.42. The third-order valence-corrected chi connectivity index (χ3v) is 2.15. The van der Waals surface area contributed by atoms with Crippen LogP contribution in [0.5, 0.6) is 0 Å². The van der Waals surface area contributed by atoms with Crippen molar-refractivity contribution in [2.75, 3.05) is 14.1 Å². The van der Waals surface area contributed by atoms with Crippen LogP contribution in [-0.4, -0.2) is 30.3 Å². The number of aromatic nitrogens is 1. The summed E-state index contributed by atoms with van der Waals surface area (Å²) in [4.78, 5) is 10.1. The molecule has 5 heteroatoms. The Morgan fingerprint density at radius 2 is 2.50 bits per heavy atom. The van der Waals surface area contributed by atoms with Gasteiger partial charge in [-0.05, 0) is 0 Å². The van der Waals surface area contributed by atoms with Crippen LogP contribution in [0.3, 0.4) is 0 Å². The maximum Gasteiger partial charge on any atom is 0.210 e. The molecule has 66 valence electrons. The highest BCUT2D eigenvalue weighted by atomic mass is 35.5. The SMILES string of the molecule is CN(C)/C=N/c1nc(CCl)cs1. The van der Waals surface area contributed by atoms with Gasteiger partial charge in [-0.15, -0.1) is 22.9 Å². The van der Waals surface area contributed by atoms with Crippen molar-refractivity contribution in [3.05, 3.63) is 11.1 Å². The van der Waals surface area contributed by atoms with Crippen LogP contribution in [0.25, 0.3) is 0 Å². The van der Waals surface area contributed by atoms with Gasteiger partial charge in [-0.1, -0.05) is 0 Å². The van der Waals surface area contributed by atoms with E-state index in [1.54, 1.807) is 6.34 Å². The fraction of sp³-hybridized carbons (Fsp3) is 0.429. The minimum Gasteiger partial charge on any atom is -0.369 e. The standard InChI is InChI=1S/C7H10ClN3S/c1-11(2)5-9-7-10-6(3-8)4-12-7/h4-5H,3H2,1-2H3/b9-5+. The van der Waals surface area contributed by atoms with Gasteiger partial charge in [0.1, 0.15) is 0 Å². The molecule has 0 bridgehead atoms. The van der Waals surface area contributed by atoms with Crippen LogP contribution in [0.4, 0.5) is 5.13 Å².